The molecule has 1 atom stereocenters. The van der Waals surface area contributed by atoms with Crippen LogP contribution in [0.3, 0.4) is 0 Å². The van der Waals surface area contributed by atoms with Gasteiger partial charge in [-0.2, -0.15) is 10.1 Å². The first kappa shape index (κ1) is 20.5. The van der Waals surface area contributed by atoms with Crippen LogP contribution in [-0.4, -0.2) is 34.5 Å². The van der Waals surface area contributed by atoms with Gasteiger partial charge in [0.2, 0.25) is 5.95 Å². The van der Waals surface area contributed by atoms with E-state index in [-0.39, 0.29) is 6.61 Å². The Morgan fingerprint density at radius 2 is 1.97 bits per heavy atom. The van der Waals surface area contributed by atoms with Gasteiger partial charge in [0.25, 0.3) is 0 Å². The third-order valence-corrected chi connectivity index (χ3v) is 5.03. The summed E-state index contributed by atoms with van der Waals surface area (Å²) in [5.41, 5.74) is 3.01. The summed E-state index contributed by atoms with van der Waals surface area (Å²) in [5, 5.41) is 7.44. The van der Waals surface area contributed by atoms with E-state index in [1.165, 1.54) is 6.33 Å². The average Bonchev–Trinajstić information content (AvgIpc) is 3.25. The highest BCUT2D eigenvalue weighted by molar-refractivity contribution is 5.92. The van der Waals surface area contributed by atoms with Gasteiger partial charge in [0.1, 0.15) is 19.0 Å². The van der Waals surface area contributed by atoms with Crippen molar-refractivity contribution >= 4 is 11.9 Å². The van der Waals surface area contributed by atoms with Crippen LogP contribution in [0.2, 0.25) is 0 Å². The zero-order valence-corrected chi connectivity index (χ0v) is 17.7. The third-order valence-electron chi connectivity index (χ3n) is 5.03. The number of nitrogens with zero attached hydrogens (tertiary/aromatic N) is 3. The van der Waals surface area contributed by atoms with Gasteiger partial charge in [0.05, 0.1) is 19.3 Å². The fourth-order valence-corrected chi connectivity index (χ4v) is 3.58. The number of esters is 1. The monoisotopic (exact) mass is 420 g/mol. The number of methoxy groups -OCH3 is 1. The first-order valence-electron chi connectivity index (χ1n) is 10.0. The first-order chi connectivity index (χ1) is 15.1. The van der Waals surface area contributed by atoms with E-state index in [4.69, 9.17) is 14.2 Å². The topological polar surface area (TPSA) is 87.5 Å². The molecule has 1 aromatic heterocycles. The summed E-state index contributed by atoms with van der Waals surface area (Å²) in [4.78, 5) is 17.0. The van der Waals surface area contributed by atoms with Crippen molar-refractivity contribution in [1.29, 1.82) is 0 Å². The van der Waals surface area contributed by atoms with E-state index in [0.29, 0.717) is 35.3 Å². The van der Waals surface area contributed by atoms with Crippen LogP contribution in [0.25, 0.3) is 0 Å². The SMILES string of the molecule is CCOC(=O)C1=C(C)Nc2ncnn2[C@@H]1c1ccc(OCc2ccccc2)c(OC)c1. The number of benzene rings is 2. The quantitative estimate of drug-likeness (QED) is 0.583. The molecule has 2 aromatic carbocycles. The van der Waals surface area contributed by atoms with E-state index in [9.17, 15) is 4.79 Å². The number of carbonyl (C=O) groups is 1. The van der Waals surface area contributed by atoms with Gasteiger partial charge < -0.3 is 19.5 Å². The number of hydrogen-bond acceptors (Lipinski definition) is 7. The summed E-state index contributed by atoms with van der Waals surface area (Å²) in [6, 6.07) is 15.0. The Labute approximate surface area is 180 Å². The van der Waals surface area contributed by atoms with Crippen LogP contribution >= 0.6 is 0 Å². The number of fused-ring (bicyclic) bond motifs is 1. The first-order valence-corrected chi connectivity index (χ1v) is 10.0. The summed E-state index contributed by atoms with van der Waals surface area (Å²) in [6.07, 6.45) is 1.45. The lowest BCUT2D eigenvalue weighted by atomic mass is 9.95. The van der Waals surface area contributed by atoms with Crippen molar-refractivity contribution < 1.29 is 19.0 Å². The lowest BCUT2D eigenvalue weighted by Crippen LogP contribution is -2.29. The fraction of sp³-hybridized carbons (Fsp3) is 0.261. The predicted molar refractivity (Wildman–Crippen MR) is 115 cm³/mol. The number of anilines is 1. The lowest BCUT2D eigenvalue weighted by molar-refractivity contribution is -0.139. The molecule has 31 heavy (non-hydrogen) atoms. The normalized spacial score (nSPS) is 15.1. The van der Waals surface area contributed by atoms with Crippen LogP contribution in [-0.2, 0) is 16.1 Å². The summed E-state index contributed by atoms with van der Waals surface area (Å²) < 4.78 is 18.5. The number of hydrogen-bond donors (Lipinski definition) is 1. The lowest BCUT2D eigenvalue weighted by Gasteiger charge is -2.28. The van der Waals surface area contributed by atoms with E-state index in [0.717, 1.165) is 11.1 Å². The Balaban J connectivity index is 1.69. The van der Waals surface area contributed by atoms with E-state index >= 15 is 0 Å². The largest absolute Gasteiger partial charge is 0.493 e. The van der Waals surface area contributed by atoms with Gasteiger partial charge in [-0.15, -0.1) is 0 Å². The Morgan fingerprint density at radius 1 is 1.16 bits per heavy atom. The molecule has 0 unspecified atom stereocenters. The molecule has 8 heteroatoms. The zero-order valence-electron chi connectivity index (χ0n) is 17.7. The average molecular weight is 420 g/mol. The number of rotatable bonds is 7. The van der Waals surface area contributed by atoms with Crippen LogP contribution in [0.5, 0.6) is 11.5 Å². The molecule has 0 saturated heterocycles. The molecule has 1 aliphatic rings. The predicted octanol–water partition coefficient (Wildman–Crippen LogP) is 3.72. The smallest absolute Gasteiger partial charge is 0.338 e. The van der Waals surface area contributed by atoms with Gasteiger partial charge >= 0.3 is 5.97 Å². The van der Waals surface area contributed by atoms with E-state index in [1.54, 1.807) is 18.7 Å². The highest BCUT2D eigenvalue weighted by atomic mass is 16.5. The van der Waals surface area contributed by atoms with Crippen LogP contribution in [0.4, 0.5) is 5.95 Å². The molecule has 1 aliphatic heterocycles. The van der Waals surface area contributed by atoms with E-state index in [1.807, 2.05) is 55.5 Å². The molecule has 0 amide bonds. The van der Waals surface area contributed by atoms with Gasteiger partial charge in [0.15, 0.2) is 11.5 Å². The third kappa shape index (κ3) is 4.09. The molecular weight excluding hydrogens is 396 g/mol. The van der Waals surface area contributed by atoms with Crippen molar-refractivity contribution in [1.82, 2.24) is 14.8 Å². The molecule has 1 N–H and O–H groups in total. The Kier molecular flexibility index (Phi) is 5.88. The second-order valence-corrected chi connectivity index (χ2v) is 7.00. The van der Waals surface area contributed by atoms with Crippen molar-refractivity contribution in [2.75, 3.05) is 19.0 Å². The molecular formula is C23H24N4O4. The second kappa shape index (κ2) is 8.91. The summed E-state index contributed by atoms with van der Waals surface area (Å²) in [5.74, 6) is 1.33. The molecule has 160 valence electrons. The van der Waals surface area contributed by atoms with Gasteiger partial charge in [-0.3, -0.25) is 0 Å². The van der Waals surface area contributed by atoms with Crippen molar-refractivity contribution in [3.8, 4) is 11.5 Å². The van der Waals surface area contributed by atoms with Gasteiger partial charge in [0, 0.05) is 5.70 Å². The minimum absolute atomic E-state index is 0.280. The number of allylic oxidation sites excluding steroid dienone is 1. The molecule has 0 fully saturated rings. The van der Waals surface area contributed by atoms with Crippen LogP contribution in [0.15, 0.2) is 66.1 Å². The van der Waals surface area contributed by atoms with Crippen LogP contribution in [0.1, 0.15) is 31.0 Å². The van der Waals surface area contributed by atoms with Crippen molar-refractivity contribution in [2.45, 2.75) is 26.5 Å². The molecule has 8 nitrogen and oxygen atoms in total. The standard InChI is InChI=1S/C23H24N4O4/c1-4-30-22(28)20-15(2)26-23-24-14-25-27(23)21(20)17-10-11-18(19(12-17)29-3)31-13-16-8-6-5-7-9-16/h5-12,14,21H,4,13H2,1-3H3,(H,24,25,26)/t21-/m1/s1. The second-order valence-electron chi connectivity index (χ2n) is 7.00. The maximum Gasteiger partial charge on any atom is 0.338 e. The number of nitrogens with one attached hydrogen (secondary N) is 1. The van der Waals surface area contributed by atoms with Crippen LogP contribution in [0, 0.1) is 0 Å². The van der Waals surface area contributed by atoms with E-state index < -0.39 is 12.0 Å². The number of ether oxygens (including phenoxy) is 3. The number of carbonyl (C=O) groups excluding carboxylic acids is 1. The molecule has 3 aromatic rings. The maximum atomic E-state index is 12.8. The maximum absolute atomic E-state index is 12.8. The molecule has 0 spiro atoms. The molecule has 2 heterocycles. The molecule has 0 aliphatic carbocycles. The van der Waals surface area contributed by atoms with E-state index in [2.05, 4.69) is 15.4 Å². The molecule has 4 rings (SSSR count). The van der Waals surface area contributed by atoms with Crippen LogP contribution < -0.4 is 14.8 Å². The number of aromatic nitrogens is 3. The van der Waals surface area contributed by atoms with Gasteiger partial charge in [-0.05, 0) is 37.1 Å². The van der Waals surface area contributed by atoms with Crippen molar-refractivity contribution in [3.63, 3.8) is 0 Å². The zero-order chi connectivity index (χ0) is 21.8. The highest BCUT2D eigenvalue weighted by Crippen LogP contribution is 2.39. The van der Waals surface area contributed by atoms with Gasteiger partial charge in [-0.1, -0.05) is 36.4 Å². The molecule has 0 radical (unpaired) electrons. The summed E-state index contributed by atoms with van der Waals surface area (Å²) >= 11 is 0. The molecule has 0 bridgehead atoms. The fourth-order valence-electron chi connectivity index (χ4n) is 3.58. The minimum atomic E-state index is -0.505. The van der Waals surface area contributed by atoms with Crippen molar-refractivity contribution in [2.24, 2.45) is 0 Å². The highest BCUT2D eigenvalue weighted by Gasteiger charge is 2.34. The summed E-state index contributed by atoms with van der Waals surface area (Å²) in [6.45, 7) is 4.31. The molecule has 0 saturated carbocycles. The Hall–Kier alpha value is -3.81. The Morgan fingerprint density at radius 3 is 2.71 bits per heavy atom. The summed E-state index contributed by atoms with van der Waals surface area (Å²) in [7, 11) is 1.59. The van der Waals surface area contributed by atoms with Crippen molar-refractivity contribution in [3.05, 3.63) is 77.3 Å². The Bertz CT molecular complexity index is 1110. The van der Waals surface area contributed by atoms with Gasteiger partial charge in [-0.25, -0.2) is 9.48 Å². The minimum Gasteiger partial charge on any atom is -0.493 e.